The van der Waals surface area contributed by atoms with Gasteiger partial charge in [0.1, 0.15) is 5.54 Å². The maximum absolute atomic E-state index is 11.5. The molecule has 1 aromatic rings. The van der Waals surface area contributed by atoms with Gasteiger partial charge in [0.05, 0.1) is 6.54 Å². The van der Waals surface area contributed by atoms with Crippen LogP contribution in [0, 0.1) is 0 Å². The van der Waals surface area contributed by atoms with E-state index in [9.17, 15) is 9.59 Å². The fraction of sp³-hybridized carbons (Fsp3) is 0.545. The summed E-state index contributed by atoms with van der Waals surface area (Å²) in [6.07, 6.45) is 3.75. The number of carboxylic acids is 1. The Kier molecular flexibility index (Phi) is 4.70. The van der Waals surface area contributed by atoms with Crippen molar-refractivity contribution < 1.29 is 14.7 Å². The first-order chi connectivity index (χ1) is 8.48. The lowest BCUT2D eigenvalue weighted by Gasteiger charge is -2.24. The van der Waals surface area contributed by atoms with Crippen LogP contribution in [-0.2, 0) is 11.3 Å². The van der Waals surface area contributed by atoms with E-state index in [-0.39, 0.29) is 0 Å². The smallest absolute Gasteiger partial charge is 0.329 e. The number of carbonyl (C=O) groups excluding carboxylic acids is 1. The van der Waals surface area contributed by atoms with Gasteiger partial charge < -0.3 is 15.7 Å². The fourth-order valence-electron chi connectivity index (χ4n) is 1.30. The molecule has 0 aliphatic heterocycles. The maximum atomic E-state index is 11.5. The van der Waals surface area contributed by atoms with Crippen LogP contribution < -0.4 is 10.6 Å². The number of urea groups is 1. The normalized spacial score (nSPS) is 13.7. The third kappa shape index (κ3) is 3.76. The largest absolute Gasteiger partial charge is 0.480 e. The van der Waals surface area contributed by atoms with Crippen LogP contribution in [0.3, 0.4) is 0 Å². The van der Waals surface area contributed by atoms with Crippen molar-refractivity contribution >= 4 is 12.0 Å². The summed E-state index contributed by atoms with van der Waals surface area (Å²) < 4.78 is 1.68. The standard InChI is InChI=1S/C11H18N4O3/c1-3-11(2,9(16)17)14-10(18)12-6-8-15-7-4-5-13-15/h4-5,7H,3,6,8H2,1-2H3,(H,16,17)(H2,12,14,18). The molecule has 0 aliphatic rings. The minimum atomic E-state index is -1.24. The number of carboxylic acid groups (broad SMARTS) is 1. The molecule has 1 atom stereocenters. The van der Waals surface area contributed by atoms with Gasteiger partial charge in [0.25, 0.3) is 0 Å². The first kappa shape index (κ1) is 14.0. The Labute approximate surface area is 105 Å². The number of aliphatic carboxylic acids is 1. The lowest BCUT2D eigenvalue weighted by atomic mass is 10.00. The molecule has 0 saturated carbocycles. The minimum absolute atomic E-state index is 0.314. The lowest BCUT2D eigenvalue weighted by Crippen LogP contribution is -2.55. The Morgan fingerprint density at radius 2 is 2.22 bits per heavy atom. The van der Waals surface area contributed by atoms with Crippen LogP contribution in [-0.4, -0.2) is 39.0 Å². The molecule has 1 unspecified atom stereocenters. The number of carbonyl (C=O) groups is 2. The van der Waals surface area contributed by atoms with Crippen LogP contribution in [0.2, 0.25) is 0 Å². The molecule has 0 fully saturated rings. The zero-order valence-corrected chi connectivity index (χ0v) is 10.5. The van der Waals surface area contributed by atoms with Crippen LogP contribution >= 0.6 is 0 Å². The summed E-state index contributed by atoms with van der Waals surface area (Å²) in [5, 5.41) is 18.0. The van der Waals surface area contributed by atoms with E-state index in [1.165, 1.54) is 6.92 Å². The van der Waals surface area contributed by atoms with E-state index < -0.39 is 17.5 Å². The molecule has 7 nitrogen and oxygen atoms in total. The molecule has 100 valence electrons. The number of hydrogen-bond acceptors (Lipinski definition) is 3. The predicted octanol–water partition coefficient (Wildman–Crippen LogP) is 0.436. The quantitative estimate of drug-likeness (QED) is 0.686. The van der Waals surface area contributed by atoms with Gasteiger partial charge in [-0.25, -0.2) is 9.59 Å². The second kappa shape index (κ2) is 6.04. The van der Waals surface area contributed by atoms with Crippen molar-refractivity contribution in [2.75, 3.05) is 6.54 Å². The summed E-state index contributed by atoms with van der Waals surface area (Å²) in [4.78, 5) is 22.5. The second-order valence-electron chi connectivity index (χ2n) is 4.14. The molecule has 18 heavy (non-hydrogen) atoms. The molecule has 1 aromatic heterocycles. The molecule has 0 bridgehead atoms. The van der Waals surface area contributed by atoms with E-state index in [1.54, 1.807) is 30.1 Å². The average molecular weight is 254 g/mol. The maximum Gasteiger partial charge on any atom is 0.329 e. The van der Waals surface area contributed by atoms with Crippen LogP contribution in [0.1, 0.15) is 20.3 Å². The Balaban J connectivity index is 2.35. The highest BCUT2D eigenvalue weighted by atomic mass is 16.4. The molecule has 7 heteroatoms. The molecule has 3 N–H and O–H groups in total. The van der Waals surface area contributed by atoms with Gasteiger partial charge in [0.2, 0.25) is 0 Å². The van der Waals surface area contributed by atoms with Crippen molar-refractivity contribution in [2.45, 2.75) is 32.4 Å². The molecule has 0 aromatic carbocycles. The number of hydrogen-bond donors (Lipinski definition) is 3. The molecule has 0 radical (unpaired) electrons. The van der Waals surface area contributed by atoms with Crippen molar-refractivity contribution in [3.63, 3.8) is 0 Å². The van der Waals surface area contributed by atoms with Gasteiger partial charge in [-0.3, -0.25) is 4.68 Å². The van der Waals surface area contributed by atoms with Crippen molar-refractivity contribution in [1.82, 2.24) is 20.4 Å². The Morgan fingerprint density at radius 3 is 2.72 bits per heavy atom. The van der Waals surface area contributed by atoms with E-state index >= 15 is 0 Å². The second-order valence-corrected chi connectivity index (χ2v) is 4.14. The number of amides is 2. The average Bonchev–Trinajstić information content (AvgIpc) is 2.81. The summed E-state index contributed by atoms with van der Waals surface area (Å²) in [6, 6.07) is 1.30. The molecule has 1 rings (SSSR count). The molecular formula is C11H18N4O3. The summed E-state index contributed by atoms with van der Waals surface area (Å²) in [5.74, 6) is -1.05. The van der Waals surface area contributed by atoms with Crippen LogP contribution in [0.5, 0.6) is 0 Å². The Bertz CT molecular complexity index is 404. The number of aromatic nitrogens is 2. The van der Waals surface area contributed by atoms with Crippen molar-refractivity contribution in [3.05, 3.63) is 18.5 Å². The van der Waals surface area contributed by atoms with E-state index in [0.717, 1.165) is 0 Å². The van der Waals surface area contributed by atoms with Crippen molar-refractivity contribution in [1.29, 1.82) is 0 Å². The van der Waals surface area contributed by atoms with Gasteiger partial charge in [-0.2, -0.15) is 5.10 Å². The highest BCUT2D eigenvalue weighted by Gasteiger charge is 2.32. The van der Waals surface area contributed by atoms with Gasteiger partial charge in [0.15, 0.2) is 0 Å². The van der Waals surface area contributed by atoms with E-state index in [4.69, 9.17) is 5.11 Å². The number of nitrogens with zero attached hydrogens (tertiary/aromatic N) is 2. The summed E-state index contributed by atoms with van der Waals surface area (Å²) in [5.41, 5.74) is -1.24. The zero-order valence-electron chi connectivity index (χ0n) is 10.5. The first-order valence-electron chi connectivity index (χ1n) is 5.75. The third-order valence-electron chi connectivity index (χ3n) is 2.75. The Morgan fingerprint density at radius 1 is 1.50 bits per heavy atom. The number of nitrogens with one attached hydrogen (secondary N) is 2. The molecule has 0 aliphatic carbocycles. The lowest BCUT2D eigenvalue weighted by molar-refractivity contribution is -0.143. The van der Waals surface area contributed by atoms with Gasteiger partial charge in [-0.05, 0) is 19.4 Å². The highest BCUT2D eigenvalue weighted by Crippen LogP contribution is 2.08. The van der Waals surface area contributed by atoms with Gasteiger partial charge >= 0.3 is 12.0 Å². The van der Waals surface area contributed by atoms with Crippen LogP contribution in [0.4, 0.5) is 4.79 Å². The predicted molar refractivity (Wildman–Crippen MR) is 65.1 cm³/mol. The zero-order chi connectivity index (χ0) is 13.6. The molecule has 1 heterocycles. The highest BCUT2D eigenvalue weighted by molar-refractivity contribution is 5.85. The summed E-state index contributed by atoms with van der Waals surface area (Å²) in [6.45, 7) is 4.10. The van der Waals surface area contributed by atoms with E-state index in [1.807, 2.05) is 0 Å². The van der Waals surface area contributed by atoms with Crippen molar-refractivity contribution in [3.8, 4) is 0 Å². The topological polar surface area (TPSA) is 96.3 Å². The third-order valence-corrected chi connectivity index (χ3v) is 2.75. The monoisotopic (exact) mass is 254 g/mol. The fourth-order valence-corrected chi connectivity index (χ4v) is 1.30. The summed E-state index contributed by atoms with van der Waals surface area (Å²) >= 11 is 0. The SMILES string of the molecule is CCC(C)(NC(=O)NCCn1cccn1)C(=O)O. The molecule has 0 spiro atoms. The van der Waals surface area contributed by atoms with Crippen LogP contribution in [0.15, 0.2) is 18.5 Å². The number of rotatable bonds is 6. The Hall–Kier alpha value is -2.05. The molecular weight excluding hydrogens is 236 g/mol. The first-order valence-corrected chi connectivity index (χ1v) is 5.75. The summed E-state index contributed by atoms with van der Waals surface area (Å²) in [7, 11) is 0. The van der Waals surface area contributed by atoms with E-state index in [2.05, 4.69) is 15.7 Å². The van der Waals surface area contributed by atoms with Crippen LogP contribution in [0.25, 0.3) is 0 Å². The van der Waals surface area contributed by atoms with Gasteiger partial charge in [-0.15, -0.1) is 0 Å². The molecule has 2 amide bonds. The van der Waals surface area contributed by atoms with Crippen molar-refractivity contribution in [2.24, 2.45) is 0 Å². The molecule has 0 saturated heterocycles. The van der Waals surface area contributed by atoms with Gasteiger partial charge in [0, 0.05) is 18.9 Å². The minimum Gasteiger partial charge on any atom is -0.480 e. The van der Waals surface area contributed by atoms with E-state index in [0.29, 0.717) is 19.5 Å². The van der Waals surface area contributed by atoms with Gasteiger partial charge in [-0.1, -0.05) is 6.92 Å².